The third-order valence-electron chi connectivity index (χ3n) is 1.02. The van der Waals surface area contributed by atoms with Crippen molar-refractivity contribution in [2.75, 3.05) is 6.26 Å². The van der Waals surface area contributed by atoms with Crippen LogP contribution in [0.25, 0.3) is 0 Å². The van der Waals surface area contributed by atoms with Gasteiger partial charge < -0.3 is 4.52 Å². The molecule has 0 saturated carbocycles. The van der Waals surface area contributed by atoms with Gasteiger partial charge in [-0.1, -0.05) is 5.16 Å². The standard InChI is InChI=1S/C5H7ClN2O3S/c1-12(9,10)3-4-7-5(2-6)11-8-4/h2-3H2,1H3. The predicted molar refractivity (Wildman–Crippen MR) is 42.4 cm³/mol. The molecular weight excluding hydrogens is 204 g/mol. The molecule has 0 bridgehead atoms. The third kappa shape index (κ3) is 2.78. The first kappa shape index (κ1) is 9.47. The maximum atomic E-state index is 10.7. The summed E-state index contributed by atoms with van der Waals surface area (Å²) in [5.74, 6) is 0.257. The molecule has 0 fully saturated rings. The van der Waals surface area contributed by atoms with Gasteiger partial charge >= 0.3 is 0 Å². The fourth-order valence-corrected chi connectivity index (χ4v) is 1.33. The van der Waals surface area contributed by atoms with Gasteiger partial charge in [-0.15, -0.1) is 11.6 Å². The van der Waals surface area contributed by atoms with Crippen LogP contribution in [-0.2, 0) is 21.5 Å². The van der Waals surface area contributed by atoms with Crippen molar-refractivity contribution < 1.29 is 12.9 Å². The number of sulfone groups is 1. The minimum absolute atomic E-state index is 0.0940. The molecule has 0 unspecified atom stereocenters. The Kier molecular flexibility index (Phi) is 2.69. The molecule has 1 aromatic heterocycles. The highest BCUT2D eigenvalue weighted by Crippen LogP contribution is 2.03. The van der Waals surface area contributed by atoms with Gasteiger partial charge in [-0.05, 0) is 0 Å². The molecule has 0 aliphatic carbocycles. The Hall–Kier alpha value is -0.620. The van der Waals surface area contributed by atoms with Crippen LogP contribution >= 0.6 is 11.6 Å². The van der Waals surface area contributed by atoms with Crippen molar-refractivity contribution in [1.82, 2.24) is 10.1 Å². The Bertz CT molecular complexity index is 359. The van der Waals surface area contributed by atoms with E-state index in [2.05, 4.69) is 14.7 Å². The highest BCUT2D eigenvalue weighted by Gasteiger charge is 2.10. The van der Waals surface area contributed by atoms with Crippen molar-refractivity contribution in [1.29, 1.82) is 0 Å². The van der Waals surface area contributed by atoms with Gasteiger partial charge in [-0.25, -0.2) is 8.42 Å². The lowest BCUT2D eigenvalue weighted by Crippen LogP contribution is -2.02. The zero-order valence-corrected chi connectivity index (χ0v) is 7.89. The number of hydrogen-bond acceptors (Lipinski definition) is 5. The molecule has 1 rings (SSSR count). The van der Waals surface area contributed by atoms with E-state index in [1.54, 1.807) is 0 Å². The van der Waals surface area contributed by atoms with Crippen molar-refractivity contribution >= 4 is 21.4 Å². The molecule has 0 aliphatic heterocycles. The largest absolute Gasteiger partial charge is 0.338 e. The molecule has 7 heteroatoms. The molecule has 0 saturated heterocycles. The monoisotopic (exact) mass is 210 g/mol. The molecular formula is C5H7ClN2O3S. The number of halogens is 1. The quantitative estimate of drug-likeness (QED) is 0.674. The molecule has 0 spiro atoms. The molecule has 5 nitrogen and oxygen atoms in total. The minimum atomic E-state index is -3.10. The van der Waals surface area contributed by atoms with Crippen LogP contribution in [0.15, 0.2) is 4.52 Å². The van der Waals surface area contributed by atoms with Gasteiger partial charge in [0.1, 0.15) is 11.6 Å². The Balaban J connectivity index is 2.78. The molecule has 1 heterocycles. The van der Waals surface area contributed by atoms with Gasteiger partial charge in [0.05, 0.1) is 0 Å². The van der Waals surface area contributed by atoms with Crippen LogP contribution in [0.3, 0.4) is 0 Å². The third-order valence-corrected chi connectivity index (χ3v) is 2.03. The van der Waals surface area contributed by atoms with Crippen LogP contribution in [0.1, 0.15) is 11.7 Å². The maximum Gasteiger partial charge on any atom is 0.241 e. The fraction of sp³-hybridized carbons (Fsp3) is 0.600. The van der Waals surface area contributed by atoms with Crippen LogP contribution < -0.4 is 0 Å². The van der Waals surface area contributed by atoms with E-state index >= 15 is 0 Å². The van der Waals surface area contributed by atoms with E-state index in [0.29, 0.717) is 0 Å². The van der Waals surface area contributed by atoms with Crippen molar-refractivity contribution in [3.63, 3.8) is 0 Å². The minimum Gasteiger partial charge on any atom is -0.338 e. The normalized spacial score (nSPS) is 11.8. The van der Waals surface area contributed by atoms with Crippen molar-refractivity contribution in [2.24, 2.45) is 0 Å². The van der Waals surface area contributed by atoms with Crippen LogP contribution in [-0.4, -0.2) is 24.8 Å². The Morgan fingerprint density at radius 3 is 2.67 bits per heavy atom. The highest BCUT2D eigenvalue weighted by atomic mass is 35.5. The summed E-state index contributed by atoms with van der Waals surface area (Å²) in [6.45, 7) is 0. The van der Waals surface area contributed by atoms with Crippen molar-refractivity contribution in [3.8, 4) is 0 Å². The number of aromatic nitrogens is 2. The Labute approximate surface area is 74.6 Å². The molecule has 0 radical (unpaired) electrons. The van der Waals surface area contributed by atoms with Gasteiger partial charge in [0.2, 0.25) is 5.89 Å². The van der Waals surface area contributed by atoms with Gasteiger partial charge in [-0.3, -0.25) is 0 Å². The fourth-order valence-electron chi connectivity index (χ4n) is 0.638. The lowest BCUT2D eigenvalue weighted by molar-refractivity contribution is 0.385. The SMILES string of the molecule is CS(=O)(=O)Cc1noc(CCl)n1. The summed E-state index contributed by atoms with van der Waals surface area (Å²) >= 11 is 5.37. The summed E-state index contributed by atoms with van der Waals surface area (Å²) in [6, 6.07) is 0. The van der Waals surface area contributed by atoms with Crippen molar-refractivity contribution in [3.05, 3.63) is 11.7 Å². The van der Waals surface area contributed by atoms with Crippen LogP contribution in [0.4, 0.5) is 0 Å². The van der Waals surface area contributed by atoms with Gasteiger partial charge in [0.25, 0.3) is 0 Å². The van der Waals surface area contributed by atoms with Crippen LogP contribution in [0.2, 0.25) is 0 Å². The first-order valence-electron chi connectivity index (χ1n) is 3.06. The van der Waals surface area contributed by atoms with E-state index in [1.807, 2.05) is 0 Å². The maximum absolute atomic E-state index is 10.7. The number of alkyl halides is 1. The van der Waals surface area contributed by atoms with Crippen LogP contribution in [0, 0.1) is 0 Å². The Morgan fingerprint density at radius 1 is 1.58 bits per heavy atom. The lowest BCUT2D eigenvalue weighted by Gasteiger charge is -1.87. The lowest BCUT2D eigenvalue weighted by atomic mass is 10.7. The summed E-state index contributed by atoms with van der Waals surface area (Å²) < 4.78 is 26.1. The van der Waals surface area contributed by atoms with Crippen molar-refractivity contribution in [2.45, 2.75) is 11.6 Å². The van der Waals surface area contributed by atoms with E-state index in [1.165, 1.54) is 0 Å². The molecule has 0 atom stereocenters. The average Bonchev–Trinajstić information content (AvgIpc) is 2.32. The summed E-state index contributed by atoms with van der Waals surface area (Å²) in [6.07, 6.45) is 1.10. The van der Waals surface area contributed by atoms with E-state index < -0.39 is 9.84 Å². The predicted octanol–water partition coefficient (Wildman–Crippen LogP) is 0.353. The number of hydrogen-bond donors (Lipinski definition) is 0. The molecule has 1 aromatic rings. The summed E-state index contributed by atoms with van der Waals surface area (Å²) in [7, 11) is -3.10. The molecule has 0 amide bonds. The van der Waals surface area contributed by atoms with Crippen LogP contribution in [0.5, 0.6) is 0 Å². The average molecular weight is 211 g/mol. The molecule has 68 valence electrons. The first-order valence-corrected chi connectivity index (χ1v) is 5.66. The topological polar surface area (TPSA) is 73.1 Å². The number of rotatable bonds is 3. The second-order valence-electron chi connectivity index (χ2n) is 2.31. The first-order chi connectivity index (χ1) is 5.51. The molecule has 12 heavy (non-hydrogen) atoms. The smallest absolute Gasteiger partial charge is 0.241 e. The molecule has 0 aliphatic rings. The zero-order chi connectivity index (χ0) is 9.19. The van der Waals surface area contributed by atoms with Gasteiger partial charge in [-0.2, -0.15) is 4.98 Å². The summed E-state index contributed by atoms with van der Waals surface area (Å²) in [5.41, 5.74) is 0. The van der Waals surface area contributed by atoms with E-state index in [0.717, 1.165) is 6.26 Å². The molecule has 0 N–H and O–H groups in total. The van der Waals surface area contributed by atoms with E-state index in [-0.39, 0.29) is 23.3 Å². The molecule has 0 aromatic carbocycles. The summed E-state index contributed by atoms with van der Waals surface area (Å²) in [5, 5.41) is 3.42. The second kappa shape index (κ2) is 3.40. The number of nitrogens with zero attached hydrogens (tertiary/aromatic N) is 2. The summed E-state index contributed by atoms with van der Waals surface area (Å²) in [4.78, 5) is 3.73. The van der Waals surface area contributed by atoms with Gasteiger partial charge in [0.15, 0.2) is 15.7 Å². The van der Waals surface area contributed by atoms with E-state index in [9.17, 15) is 8.42 Å². The van der Waals surface area contributed by atoms with E-state index in [4.69, 9.17) is 11.6 Å². The zero-order valence-electron chi connectivity index (χ0n) is 6.32. The second-order valence-corrected chi connectivity index (χ2v) is 4.72. The Morgan fingerprint density at radius 2 is 2.25 bits per heavy atom. The highest BCUT2D eigenvalue weighted by molar-refractivity contribution is 7.89. The van der Waals surface area contributed by atoms with Gasteiger partial charge in [0, 0.05) is 6.26 Å².